The molecule has 2 N–H and O–H groups in total. The van der Waals surface area contributed by atoms with Crippen LogP contribution in [0.3, 0.4) is 0 Å². The number of piperidine rings is 1. The number of amides is 1. The summed E-state index contributed by atoms with van der Waals surface area (Å²) < 4.78 is 10.7. The van der Waals surface area contributed by atoms with E-state index in [1.807, 2.05) is 75.4 Å². The topological polar surface area (TPSA) is 82.5 Å². The highest BCUT2D eigenvalue weighted by Crippen LogP contribution is 2.27. The minimum atomic E-state index is -0.957. The number of ether oxygens (including phenoxy) is 2. The monoisotopic (exact) mass is 470 g/mol. The molecule has 1 saturated heterocycles. The molecule has 1 atom stereocenters. The highest BCUT2D eigenvalue weighted by Gasteiger charge is 2.37. The standard InChI is InChI=1S/C27H38N2O5/c1-26(2,3)34-25(31)29-16-14-27(32,15-17-29)20-28(18-21-10-12-23(33-4)13-11-21)19-24(30)22-8-6-5-7-9-22/h5-13,24,30,32H,14-20H2,1-4H3. The molecule has 7 nitrogen and oxygen atoms in total. The maximum atomic E-state index is 12.4. The van der Waals surface area contributed by atoms with Crippen LogP contribution in [0.15, 0.2) is 54.6 Å². The van der Waals surface area contributed by atoms with Gasteiger partial charge in [0.25, 0.3) is 0 Å². The summed E-state index contributed by atoms with van der Waals surface area (Å²) in [5.41, 5.74) is 0.402. The maximum absolute atomic E-state index is 12.4. The van der Waals surface area contributed by atoms with E-state index >= 15 is 0 Å². The molecule has 186 valence electrons. The Bertz CT molecular complexity index is 903. The summed E-state index contributed by atoms with van der Waals surface area (Å²) in [5.74, 6) is 0.785. The number of likely N-dealkylation sites (tertiary alicyclic amines) is 1. The molecule has 1 fully saturated rings. The van der Waals surface area contributed by atoms with Gasteiger partial charge in [-0.25, -0.2) is 4.79 Å². The fourth-order valence-electron chi connectivity index (χ4n) is 4.21. The van der Waals surface area contributed by atoms with Crippen molar-refractivity contribution in [1.82, 2.24) is 9.80 Å². The zero-order chi connectivity index (χ0) is 24.8. The Morgan fingerprint density at radius 2 is 1.71 bits per heavy atom. The Kier molecular flexibility index (Phi) is 8.57. The number of aliphatic hydroxyl groups excluding tert-OH is 1. The van der Waals surface area contributed by atoms with Crippen LogP contribution in [0.1, 0.15) is 50.8 Å². The Labute approximate surface area is 202 Å². The van der Waals surface area contributed by atoms with Gasteiger partial charge in [0.2, 0.25) is 0 Å². The van der Waals surface area contributed by atoms with E-state index in [1.54, 1.807) is 12.0 Å². The van der Waals surface area contributed by atoms with Crippen molar-refractivity contribution in [2.75, 3.05) is 33.3 Å². The zero-order valence-electron chi connectivity index (χ0n) is 20.7. The highest BCUT2D eigenvalue weighted by molar-refractivity contribution is 5.68. The third-order valence-corrected chi connectivity index (χ3v) is 6.04. The number of methoxy groups -OCH3 is 1. The van der Waals surface area contributed by atoms with Crippen LogP contribution >= 0.6 is 0 Å². The van der Waals surface area contributed by atoms with Crippen molar-refractivity contribution < 1.29 is 24.5 Å². The third-order valence-electron chi connectivity index (χ3n) is 6.04. The van der Waals surface area contributed by atoms with Crippen LogP contribution in [0.4, 0.5) is 4.79 Å². The van der Waals surface area contributed by atoms with Crippen LogP contribution < -0.4 is 4.74 Å². The first-order valence-corrected chi connectivity index (χ1v) is 11.9. The van der Waals surface area contributed by atoms with Gasteiger partial charge in [-0.1, -0.05) is 42.5 Å². The minimum Gasteiger partial charge on any atom is -0.497 e. The lowest BCUT2D eigenvalue weighted by Crippen LogP contribution is -2.53. The third kappa shape index (κ3) is 7.72. The summed E-state index contributed by atoms with van der Waals surface area (Å²) in [7, 11) is 1.64. The normalized spacial score (nSPS) is 16.9. The molecule has 0 saturated carbocycles. The quantitative estimate of drug-likeness (QED) is 0.607. The summed E-state index contributed by atoms with van der Waals surface area (Å²) in [5, 5.41) is 22.3. The molecule has 1 aliphatic heterocycles. The number of nitrogens with zero attached hydrogens (tertiary/aromatic N) is 2. The number of rotatable bonds is 8. The number of benzene rings is 2. The van der Waals surface area contributed by atoms with Crippen LogP contribution in [0.2, 0.25) is 0 Å². The van der Waals surface area contributed by atoms with Gasteiger partial charge in [-0.3, -0.25) is 4.90 Å². The van der Waals surface area contributed by atoms with Gasteiger partial charge in [-0.05, 0) is 56.9 Å². The van der Waals surface area contributed by atoms with E-state index in [2.05, 4.69) is 4.90 Å². The van der Waals surface area contributed by atoms with Crippen LogP contribution in [-0.4, -0.2) is 70.6 Å². The molecule has 1 amide bonds. The van der Waals surface area contributed by atoms with Gasteiger partial charge in [0.05, 0.1) is 18.8 Å². The van der Waals surface area contributed by atoms with E-state index in [-0.39, 0.29) is 6.09 Å². The molecule has 0 bridgehead atoms. The first-order valence-electron chi connectivity index (χ1n) is 11.9. The summed E-state index contributed by atoms with van der Waals surface area (Å²) >= 11 is 0. The van der Waals surface area contributed by atoms with Crippen molar-refractivity contribution in [2.24, 2.45) is 0 Å². The summed E-state index contributed by atoms with van der Waals surface area (Å²) in [6.07, 6.45) is -0.117. The van der Waals surface area contributed by atoms with Crippen LogP contribution in [0, 0.1) is 0 Å². The average Bonchev–Trinajstić information content (AvgIpc) is 2.79. The maximum Gasteiger partial charge on any atom is 0.410 e. The number of carbonyl (C=O) groups is 1. The molecule has 1 unspecified atom stereocenters. The molecular weight excluding hydrogens is 432 g/mol. The van der Waals surface area contributed by atoms with Gasteiger partial charge in [-0.2, -0.15) is 0 Å². The molecule has 3 rings (SSSR count). The Balaban J connectivity index is 1.68. The average molecular weight is 471 g/mol. The van der Waals surface area contributed by atoms with Gasteiger partial charge < -0.3 is 24.6 Å². The van der Waals surface area contributed by atoms with E-state index in [0.717, 1.165) is 16.9 Å². The minimum absolute atomic E-state index is 0.343. The van der Waals surface area contributed by atoms with E-state index in [4.69, 9.17) is 9.47 Å². The molecule has 1 heterocycles. The Hall–Kier alpha value is -2.61. The molecule has 0 aliphatic carbocycles. The van der Waals surface area contributed by atoms with Crippen LogP contribution in [0.25, 0.3) is 0 Å². The van der Waals surface area contributed by atoms with Crippen molar-refractivity contribution in [3.63, 3.8) is 0 Å². The smallest absolute Gasteiger partial charge is 0.410 e. The molecule has 0 radical (unpaired) electrons. The summed E-state index contributed by atoms with van der Waals surface area (Å²) in [6.45, 7) is 7.76. The van der Waals surface area contributed by atoms with Crippen molar-refractivity contribution >= 4 is 6.09 Å². The second-order valence-electron chi connectivity index (χ2n) is 10.1. The molecule has 2 aromatic rings. The van der Waals surface area contributed by atoms with Gasteiger partial charge >= 0.3 is 6.09 Å². The fourth-order valence-corrected chi connectivity index (χ4v) is 4.21. The van der Waals surface area contributed by atoms with Gasteiger partial charge in [0.1, 0.15) is 11.4 Å². The van der Waals surface area contributed by atoms with Crippen LogP contribution in [0.5, 0.6) is 5.75 Å². The molecule has 0 aromatic heterocycles. The Morgan fingerprint density at radius 1 is 1.09 bits per heavy atom. The van der Waals surface area contributed by atoms with Gasteiger partial charge in [0, 0.05) is 32.7 Å². The number of hydrogen-bond donors (Lipinski definition) is 2. The first-order chi connectivity index (χ1) is 16.1. The van der Waals surface area contributed by atoms with Gasteiger partial charge in [-0.15, -0.1) is 0 Å². The first kappa shape index (κ1) is 26.0. The van der Waals surface area contributed by atoms with E-state index in [9.17, 15) is 15.0 Å². The fraction of sp³-hybridized carbons (Fsp3) is 0.519. The number of aliphatic hydroxyl groups is 2. The predicted octanol–water partition coefficient (Wildman–Crippen LogP) is 3.99. The van der Waals surface area contributed by atoms with Crippen molar-refractivity contribution in [1.29, 1.82) is 0 Å². The number of carbonyl (C=O) groups excluding carboxylic acids is 1. The predicted molar refractivity (Wildman–Crippen MR) is 132 cm³/mol. The molecule has 1 aliphatic rings. The lowest BCUT2D eigenvalue weighted by Gasteiger charge is -2.41. The summed E-state index contributed by atoms with van der Waals surface area (Å²) in [4.78, 5) is 16.2. The molecular formula is C27H38N2O5. The molecule has 0 spiro atoms. The van der Waals surface area contributed by atoms with Gasteiger partial charge in [0.15, 0.2) is 0 Å². The molecule has 2 aromatic carbocycles. The zero-order valence-corrected chi connectivity index (χ0v) is 20.7. The van der Waals surface area contributed by atoms with E-state index in [1.165, 1.54) is 0 Å². The SMILES string of the molecule is COc1ccc(CN(CC(O)c2ccccc2)CC2(O)CCN(C(=O)OC(C)(C)C)CC2)cc1. The molecule has 7 heteroatoms. The largest absolute Gasteiger partial charge is 0.497 e. The van der Waals surface area contributed by atoms with E-state index in [0.29, 0.717) is 45.6 Å². The van der Waals surface area contributed by atoms with E-state index < -0.39 is 17.3 Å². The lowest BCUT2D eigenvalue weighted by molar-refractivity contribution is -0.0566. The van der Waals surface area contributed by atoms with Crippen molar-refractivity contribution in [3.8, 4) is 5.75 Å². The van der Waals surface area contributed by atoms with Crippen molar-refractivity contribution in [3.05, 3.63) is 65.7 Å². The second kappa shape index (κ2) is 11.2. The molecule has 34 heavy (non-hydrogen) atoms. The lowest BCUT2D eigenvalue weighted by atomic mass is 9.90. The van der Waals surface area contributed by atoms with Crippen LogP contribution in [-0.2, 0) is 11.3 Å². The van der Waals surface area contributed by atoms with Crippen molar-refractivity contribution in [2.45, 2.75) is 57.5 Å². The Morgan fingerprint density at radius 3 is 2.26 bits per heavy atom. The highest BCUT2D eigenvalue weighted by atomic mass is 16.6. The number of hydrogen-bond acceptors (Lipinski definition) is 6. The second-order valence-corrected chi connectivity index (χ2v) is 10.1. The summed E-state index contributed by atoms with van der Waals surface area (Å²) in [6, 6.07) is 17.4.